The zero-order chi connectivity index (χ0) is 35.1. The Balaban J connectivity index is 0.000000160. The Labute approximate surface area is 316 Å². The smallest absolute Gasteiger partial charge is 0.126 e. The summed E-state index contributed by atoms with van der Waals surface area (Å²) in [5.41, 5.74) is 8.99. The van der Waals surface area contributed by atoms with E-state index in [2.05, 4.69) is 109 Å². The van der Waals surface area contributed by atoms with Gasteiger partial charge in [0.25, 0.3) is 0 Å². The monoisotopic (exact) mass is 875 g/mol. The van der Waals surface area contributed by atoms with Gasteiger partial charge in [0.1, 0.15) is 17.0 Å². The molecule has 0 bridgehead atoms. The summed E-state index contributed by atoms with van der Waals surface area (Å²) in [4.78, 5) is 9.09. The Morgan fingerprint density at radius 3 is 1.94 bits per heavy atom. The van der Waals surface area contributed by atoms with Crippen molar-refractivity contribution in [2.24, 2.45) is 0 Å². The summed E-state index contributed by atoms with van der Waals surface area (Å²) in [5.74, 6) is 0.0239. The fourth-order valence-electron chi connectivity index (χ4n) is 6.55. The molecular formula is C45H35FIrN2O2Si-2. The maximum atomic E-state index is 13.5. The average molecular weight is 875 g/mol. The van der Waals surface area contributed by atoms with Crippen LogP contribution in [0.3, 0.4) is 0 Å². The number of hydrogen-bond acceptors (Lipinski definition) is 4. The molecule has 0 fully saturated rings. The number of halogens is 1. The van der Waals surface area contributed by atoms with Gasteiger partial charge in [-0.3, -0.25) is 0 Å². The van der Waals surface area contributed by atoms with Crippen molar-refractivity contribution in [2.75, 3.05) is 0 Å². The van der Waals surface area contributed by atoms with Gasteiger partial charge in [-0.1, -0.05) is 109 Å². The molecule has 9 aromatic rings. The van der Waals surface area contributed by atoms with Gasteiger partial charge in [-0.2, -0.15) is 0 Å². The van der Waals surface area contributed by atoms with E-state index in [4.69, 9.17) is 8.83 Å². The molecule has 259 valence electrons. The molecule has 52 heavy (non-hydrogen) atoms. The summed E-state index contributed by atoms with van der Waals surface area (Å²) < 4.78 is 25.6. The second kappa shape index (κ2) is 14.4. The van der Waals surface area contributed by atoms with Crippen molar-refractivity contribution in [3.05, 3.63) is 163 Å². The molecule has 1 unspecified atom stereocenters. The van der Waals surface area contributed by atoms with Crippen LogP contribution in [0.4, 0.5) is 4.39 Å². The second-order valence-electron chi connectivity index (χ2n) is 13.8. The predicted molar refractivity (Wildman–Crippen MR) is 208 cm³/mol. The van der Waals surface area contributed by atoms with E-state index in [9.17, 15) is 4.39 Å². The zero-order valence-corrected chi connectivity index (χ0v) is 32.6. The molecule has 0 amide bonds. The molecule has 0 N–H and O–H groups in total. The maximum Gasteiger partial charge on any atom is 0.126 e. The van der Waals surface area contributed by atoms with Crippen molar-refractivity contribution in [3.8, 4) is 22.5 Å². The standard InChI is InChI=1S/C25H18NO.C20H17FNOSi.Ir/c1-17(18-8-3-2-4-9-18)19-13-14-24-22(16-19)20-10-7-11-21(25(20)27-24)23-12-5-6-15-26-23;1-24(2,3)14-8-10-18(22-12-14)17-6-4-5-16-15-9-7-13(21)11-19(15)23-20(16)17;/h2-10,12-17H,1H3;4-5,7-12H,1-3H3;/q2*-1;. The minimum atomic E-state index is -1.38. The van der Waals surface area contributed by atoms with Crippen LogP contribution < -0.4 is 5.19 Å². The van der Waals surface area contributed by atoms with Crippen molar-refractivity contribution in [3.63, 3.8) is 0 Å². The molecule has 1 atom stereocenters. The van der Waals surface area contributed by atoms with Crippen LogP contribution in [0.2, 0.25) is 19.6 Å². The van der Waals surface area contributed by atoms with E-state index >= 15 is 0 Å². The molecule has 4 aromatic heterocycles. The summed E-state index contributed by atoms with van der Waals surface area (Å²) >= 11 is 0. The molecule has 1 radical (unpaired) electrons. The molecule has 9 rings (SSSR count). The van der Waals surface area contributed by atoms with Crippen molar-refractivity contribution >= 4 is 57.1 Å². The number of aromatic nitrogens is 2. The number of rotatable bonds is 5. The summed E-state index contributed by atoms with van der Waals surface area (Å²) in [6.45, 7) is 9.13. The van der Waals surface area contributed by atoms with Gasteiger partial charge in [0.2, 0.25) is 0 Å². The van der Waals surface area contributed by atoms with Gasteiger partial charge < -0.3 is 18.8 Å². The van der Waals surface area contributed by atoms with E-state index in [1.807, 2.05) is 48.7 Å². The molecule has 5 aromatic carbocycles. The molecular weight excluding hydrogens is 840 g/mol. The first-order chi connectivity index (χ1) is 24.7. The summed E-state index contributed by atoms with van der Waals surface area (Å²) in [6.07, 6.45) is 3.75. The third-order valence-electron chi connectivity index (χ3n) is 9.46. The molecule has 4 nitrogen and oxygen atoms in total. The molecule has 0 saturated carbocycles. The third kappa shape index (κ3) is 6.75. The number of benzene rings is 5. The van der Waals surface area contributed by atoms with Gasteiger partial charge in [-0.25, -0.2) is 4.39 Å². The molecule has 0 aliphatic rings. The van der Waals surface area contributed by atoms with E-state index < -0.39 is 8.07 Å². The number of fused-ring (bicyclic) bond motifs is 6. The minimum absolute atomic E-state index is 0. The molecule has 4 heterocycles. The van der Waals surface area contributed by atoms with E-state index in [0.717, 1.165) is 55.2 Å². The van der Waals surface area contributed by atoms with Gasteiger partial charge in [-0.15, -0.1) is 36.4 Å². The first kappa shape index (κ1) is 35.2. The number of nitrogens with zero attached hydrogens (tertiary/aromatic N) is 2. The third-order valence-corrected chi connectivity index (χ3v) is 11.5. The Morgan fingerprint density at radius 1 is 0.615 bits per heavy atom. The van der Waals surface area contributed by atoms with Crippen molar-refractivity contribution < 1.29 is 33.3 Å². The SMILES string of the molecule is CC(c1ccccc1)c1ccc2oc3c(-c4ccccn4)[c-]ccc3c2c1.C[Si](C)(C)c1ccc(-c2[c-]ccc3c2oc2cc(F)ccc23)nc1.[Ir]. The largest absolute Gasteiger partial charge is 0.501 e. The van der Waals surface area contributed by atoms with E-state index in [1.165, 1.54) is 28.4 Å². The predicted octanol–water partition coefficient (Wildman–Crippen LogP) is 11.7. The maximum absolute atomic E-state index is 13.5. The zero-order valence-electron chi connectivity index (χ0n) is 29.2. The Kier molecular flexibility index (Phi) is 9.77. The summed E-state index contributed by atoms with van der Waals surface area (Å²) in [6, 6.07) is 46.1. The first-order valence-electron chi connectivity index (χ1n) is 17.1. The normalized spacial score (nSPS) is 12.1. The molecule has 7 heteroatoms. The molecule has 0 aliphatic carbocycles. The van der Waals surface area contributed by atoms with Crippen LogP contribution >= 0.6 is 0 Å². The Bertz CT molecular complexity index is 2650. The second-order valence-corrected chi connectivity index (χ2v) is 18.9. The topological polar surface area (TPSA) is 52.1 Å². The Morgan fingerprint density at radius 2 is 1.29 bits per heavy atom. The fraction of sp³-hybridized carbons (Fsp3) is 0.111. The fourth-order valence-corrected chi connectivity index (χ4v) is 7.59. The molecule has 0 aliphatic heterocycles. The van der Waals surface area contributed by atoms with Crippen LogP contribution in [-0.4, -0.2) is 18.0 Å². The van der Waals surface area contributed by atoms with Crippen molar-refractivity contribution in [2.45, 2.75) is 32.5 Å². The van der Waals surface area contributed by atoms with Crippen LogP contribution in [0.1, 0.15) is 24.0 Å². The van der Waals surface area contributed by atoms with Gasteiger partial charge in [0, 0.05) is 55.3 Å². The van der Waals surface area contributed by atoms with E-state index in [0.29, 0.717) is 17.1 Å². The van der Waals surface area contributed by atoms with Crippen LogP contribution in [0.25, 0.3) is 66.4 Å². The minimum Gasteiger partial charge on any atom is -0.501 e. The average Bonchev–Trinajstić information content (AvgIpc) is 3.73. The molecule has 0 saturated heterocycles. The molecule has 0 spiro atoms. The number of hydrogen-bond donors (Lipinski definition) is 0. The van der Waals surface area contributed by atoms with Crippen LogP contribution in [0.5, 0.6) is 0 Å². The van der Waals surface area contributed by atoms with Crippen molar-refractivity contribution in [1.29, 1.82) is 0 Å². The van der Waals surface area contributed by atoms with E-state index in [-0.39, 0.29) is 25.9 Å². The summed E-state index contributed by atoms with van der Waals surface area (Å²) in [7, 11) is -1.38. The Hall–Kier alpha value is -5.20. The number of furan rings is 2. The quantitative estimate of drug-likeness (QED) is 0.128. The van der Waals surface area contributed by atoms with Crippen LogP contribution in [0, 0.1) is 17.9 Å². The number of pyridine rings is 2. The van der Waals surface area contributed by atoms with Gasteiger partial charge in [0.05, 0.1) is 19.2 Å². The summed E-state index contributed by atoms with van der Waals surface area (Å²) in [5, 5.41) is 5.41. The van der Waals surface area contributed by atoms with Gasteiger partial charge in [-0.05, 0) is 58.0 Å². The van der Waals surface area contributed by atoms with E-state index in [1.54, 1.807) is 12.3 Å². The first-order valence-corrected chi connectivity index (χ1v) is 20.6. The van der Waals surface area contributed by atoms with Crippen molar-refractivity contribution in [1.82, 2.24) is 9.97 Å². The van der Waals surface area contributed by atoms with Crippen LogP contribution in [0.15, 0.2) is 143 Å². The van der Waals surface area contributed by atoms with Gasteiger partial charge >= 0.3 is 0 Å². The van der Waals surface area contributed by atoms with Crippen LogP contribution in [-0.2, 0) is 20.1 Å². The van der Waals surface area contributed by atoms with Gasteiger partial charge in [0.15, 0.2) is 0 Å².